The monoisotopic (exact) mass is 263 g/mol. The number of hydrogen-bond donors (Lipinski definition) is 0. The van der Waals surface area contributed by atoms with Crippen molar-refractivity contribution < 1.29 is 4.79 Å². The van der Waals surface area contributed by atoms with Crippen LogP contribution in [0.25, 0.3) is 0 Å². The third-order valence-corrected chi connectivity index (χ3v) is 4.05. The number of hydrogen-bond acceptors (Lipinski definition) is 4. The summed E-state index contributed by atoms with van der Waals surface area (Å²) in [5.41, 5.74) is 0. The summed E-state index contributed by atoms with van der Waals surface area (Å²) < 4.78 is 0. The van der Waals surface area contributed by atoms with Gasteiger partial charge in [0.25, 0.3) is 0 Å². The van der Waals surface area contributed by atoms with Crippen molar-refractivity contribution in [1.82, 2.24) is 9.80 Å². The topological polar surface area (TPSA) is 47.3 Å². The van der Waals surface area contributed by atoms with Crippen molar-refractivity contribution in [2.45, 2.75) is 12.8 Å². The van der Waals surface area contributed by atoms with E-state index in [-0.39, 0.29) is 5.91 Å². The molecule has 1 aliphatic rings. The number of carbonyl (C=O) groups is 1. The lowest BCUT2D eigenvalue weighted by Crippen LogP contribution is -2.49. The fraction of sp³-hybridized carbons (Fsp3) is 0.538. The number of thiophene rings is 1. The summed E-state index contributed by atoms with van der Waals surface area (Å²) in [6.07, 6.45) is 1.10. The van der Waals surface area contributed by atoms with Gasteiger partial charge < -0.3 is 4.90 Å². The number of piperazine rings is 1. The van der Waals surface area contributed by atoms with Gasteiger partial charge in [-0.05, 0) is 11.4 Å². The second kappa shape index (κ2) is 6.53. The summed E-state index contributed by atoms with van der Waals surface area (Å²) in [5.74, 6) is 0.220. The first-order valence-electron chi connectivity index (χ1n) is 6.19. The van der Waals surface area contributed by atoms with Gasteiger partial charge in [0.1, 0.15) is 0 Å². The van der Waals surface area contributed by atoms with Crippen LogP contribution in [0, 0.1) is 11.3 Å². The number of amides is 1. The molecule has 0 saturated carbocycles. The lowest BCUT2D eigenvalue weighted by Gasteiger charge is -2.34. The predicted molar refractivity (Wildman–Crippen MR) is 71.3 cm³/mol. The molecule has 4 nitrogen and oxygen atoms in total. The van der Waals surface area contributed by atoms with Crippen molar-refractivity contribution >= 4 is 17.2 Å². The summed E-state index contributed by atoms with van der Waals surface area (Å²) >= 11 is 1.63. The zero-order valence-electron chi connectivity index (χ0n) is 10.3. The molecule has 0 atom stereocenters. The molecule has 96 valence electrons. The molecule has 5 heteroatoms. The molecule has 2 rings (SSSR count). The van der Waals surface area contributed by atoms with E-state index in [0.717, 1.165) is 37.6 Å². The van der Waals surface area contributed by atoms with Gasteiger partial charge in [0.2, 0.25) is 5.91 Å². The molecule has 1 saturated heterocycles. The standard InChI is InChI=1S/C13H17N3OS/c14-4-2-5-15-6-8-16(9-7-15)13(17)11-12-3-1-10-18-12/h1,3,10H,2,5-9,11H2. The van der Waals surface area contributed by atoms with Crippen LogP contribution in [0.5, 0.6) is 0 Å². The van der Waals surface area contributed by atoms with Crippen LogP contribution < -0.4 is 0 Å². The van der Waals surface area contributed by atoms with Crippen LogP contribution in [0.1, 0.15) is 11.3 Å². The normalized spacial score (nSPS) is 16.5. The van der Waals surface area contributed by atoms with Gasteiger partial charge in [-0.15, -0.1) is 11.3 Å². The summed E-state index contributed by atoms with van der Waals surface area (Å²) in [6.45, 7) is 4.17. The van der Waals surface area contributed by atoms with Gasteiger partial charge in [-0.1, -0.05) is 6.07 Å². The molecule has 1 aromatic heterocycles. The van der Waals surface area contributed by atoms with Gasteiger partial charge >= 0.3 is 0 Å². The lowest BCUT2D eigenvalue weighted by atomic mass is 10.2. The molecule has 0 bridgehead atoms. The van der Waals surface area contributed by atoms with Crippen molar-refractivity contribution in [3.8, 4) is 6.07 Å². The van der Waals surface area contributed by atoms with Crippen LogP contribution in [0.2, 0.25) is 0 Å². The van der Waals surface area contributed by atoms with Crippen LogP contribution in [-0.4, -0.2) is 48.4 Å². The molecular formula is C13H17N3OS. The molecule has 0 unspecified atom stereocenters. The molecule has 1 aliphatic heterocycles. The fourth-order valence-corrected chi connectivity index (χ4v) is 2.80. The Kier molecular flexibility index (Phi) is 4.73. The van der Waals surface area contributed by atoms with Gasteiger partial charge in [0.05, 0.1) is 12.5 Å². The van der Waals surface area contributed by atoms with E-state index >= 15 is 0 Å². The molecule has 0 radical (unpaired) electrons. The molecule has 0 aliphatic carbocycles. The third kappa shape index (κ3) is 3.56. The third-order valence-electron chi connectivity index (χ3n) is 3.17. The second-order valence-corrected chi connectivity index (χ2v) is 5.42. The first kappa shape index (κ1) is 13.1. The number of nitrogens with zero attached hydrogens (tertiary/aromatic N) is 3. The zero-order chi connectivity index (χ0) is 12.8. The van der Waals surface area contributed by atoms with Crippen LogP contribution in [0.15, 0.2) is 17.5 Å². The van der Waals surface area contributed by atoms with Crippen molar-refractivity contribution in [2.24, 2.45) is 0 Å². The average molecular weight is 263 g/mol. The molecular weight excluding hydrogens is 246 g/mol. The minimum atomic E-state index is 0.220. The molecule has 0 spiro atoms. The Balaban J connectivity index is 1.75. The summed E-state index contributed by atoms with van der Waals surface area (Å²) in [5, 5.41) is 10.5. The maximum atomic E-state index is 12.0. The largest absolute Gasteiger partial charge is 0.340 e. The van der Waals surface area contributed by atoms with E-state index in [1.54, 1.807) is 11.3 Å². The highest BCUT2D eigenvalue weighted by atomic mass is 32.1. The van der Waals surface area contributed by atoms with Crippen molar-refractivity contribution in [3.63, 3.8) is 0 Å². The SMILES string of the molecule is N#CCCN1CCN(C(=O)Cc2cccs2)CC1. The summed E-state index contributed by atoms with van der Waals surface area (Å²) in [6, 6.07) is 6.14. The minimum absolute atomic E-state index is 0.220. The van der Waals surface area contributed by atoms with Crippen LogP contribution >= 0.6 is 11.3 Å². The first-order valence-corrected chi connectivity index (χ1v) is 7.07. The Morgan fingerprint density at radius 1 is 1.39 bits per heavy atom. The van der Waals surface area contributed by atoms with E-state index in [9.17, 15) is 4.79 Å². The van der Waals surface area contributed by atoms with E-state index in [2.05, 4.69) is 11.0 Å². The maximum Gasteiger partial charge on any atom is 0.227 e. The summed E-state index contributed by atoms with van der Waals surface area (Å²) in [7, 11) is 0. The van der Waals surface area contributed by atoms with Crippen LogP contribution in [0.4, 0.5) is 0 Å². The Labute approximate surface area is 111 Å². The minimum Gasteiger partial charge on any atom is -0.340 e. The maximum absolute atomic E-state index is 12.0. The van der Waals surface area contributed by atoms with Crippen LogP contribution in [-0.2, 0) is 11.2 Å². The number of rotatable bonds is 4. The van der Waals surface area contributed by atoms with Gasteiger partial charge in [0.15, 0.2) is 0 Å². The average Bonchev–Trinajstić information content (AvgIpc) is 2.89. The number of carbonyl (C=O) groups excluding carboxylic acids is 1. The van der Waals surface area contributed by atoms with E-state index in [1.165, 1.54) is 0 Å². The quantitative estimate of drug-likeness (QED) is 0.824. The predicted octanol–water partition coefficient (Wildman–Crippen LogP) is 1.35. The van der Waals surface area contributed by atoms with E-state index < -0.39 is 0 Å². The van der Waals surface area contributed by atoms with Crippen LogP contribution in [0.3, 0.4) is 0 Å². The zero-order valence-corrected chi connectivity index (χ0v) is 11.2. The Hall–Kier alpha value is -1.38. The molecule has 18 heavy (non-hydrogen) atoms. The summed E-state index contributed by atoms with van der Waals surface area (Å²) in [4.78, 5) is 17.4. The molecule has 0 aromatic carbocycles. The molecule has 0 N–H and O–H groups in total. The smallest absolute Gasteiger partial charge is 0.227 e. The van der Waals surface area contributed by atoms with Gasteiger partial charge in [-0.3, -0.25) is 9.69 Å². The van der Waals surface area contributed by atoms with E-state index in [4.69, 9.17) is 5.26 Å². The molecule has 1 amide bonds. The van der Waals surface area contributed by atoms with Gasteiger partial charge in [-0.2, -0.15) is 5.26 Å². The highest BCUT2D eigenvalue weighted by Gasteiger charge is 2.20. The fourth-order valence-electron chi connectivity index (χ4n) is 2.10. The van der Waals surface area contributed by atoms with Crippen molar-refractivity contribution in [2.75, 3.05) is 32.7 Å². The van der Waals surface area contributed by atoms with Gasteiger partial charge in [-0.25, -0.2) is 0 Å². The molecule has 2 heterocycles. The molecule has 1 aromatic rings. The van der Waals surface area contributed by atoms with Crippen molar-refractivity contribution in [1.29, 1.82) is 5.26 Å². The lowest BCUT2D eigenvalue weighted by molar-refractivity contribution is -0.132. The van der Waals surface area contributed by atoms with E-state index in [0.29, 0.717) is 12.8 Å². The Morgan fingerprint density at radius 3 is 2.78 bits per heavy atom. The molecule has 1 fully saturated rings. The highest BCUT2D eigenvalue weighted by molar-refractivity contribution is 7.10. The number of nitriles is 1. The van der Waals surface area contributed by atoms with Crippen molar-refractivity contribution in [3.05, 3.63) is 22.4 Å². The highest BCUT2D eigenvalue weighted by Crippen LogP contribution is 2.12. The second-order valence-electron chi connectivity index (χ2n) is 4.39. The Morgan fingerprint density at radius 2 is 2.17 bits per heavy atom. The Bertz CT molecular complexity index is 416. The first-order chi connectivity index (χ1) is 8.79. The van der Waals surface area contributed by atoms with Gasteiger partial charge in [0, 0.05) is 44.0 Å². The van der Waals surface area contributed by atoms with E-state index in [1.807, 2.05) is 22.4 Å².